The van der Waals surface area contributed by atoms with Crippen molar-refractivity contribution in [2.45, 2.75) is 25.1 Å². The smallest absolute Gasteiger partial charge is 0.356 e. The van der Waals surface area contributed by atoms with Crippen LogP contribution in [0.2, 0.25) is 0 Å². The third-order valence-corrected chi connectivity index (χ3v) is 4.04. The van der Waals surface area contributed by atoms with Gasteiger partial charge in [-0.2, -0.15) is 13.2 Å². The average Bonchev–Trinajstić information content (AvgIpc) is 2.97. The third-order valence-electron chi connectivity index (χ3n) is 3.14. The van der Waals surface area contributed by atoms with Crippen molar-refractivity contribution in [3.8, 4) is 0 Å². The van der Waals surface area contributed by atoms with Crippen molar-refractivity contribution < 1.29 is 18.0 Å². The van der Waals surface area contributed by atoms with E-state index >= 15 is 0 Å². The first-order valence-corrected chi connectivity index (χ1v) is 7.83. The predicted octanol–water partition coefficient (Wildman–Crippen LogP) is 2.91. The van der Waals surface area contributed by atoms with E-state index in [0.717, 1.165) is 22.3 Å². The van der Waals surface area contributed by atoms with Crippen molar-refractivity contribution in [3.63, 3.8) is 0 Å². The highest BCUT2D eigenvalue weighted by molar-refractivity contribution is 7.09. The molecule has 3 N–H and O–H groups in total. The molecule has 4 nitrogen and oxygen atoms in total. The maximum atomic E-state index is 12.4. The first-order chi connectivity index (χ1) is 10.9. The zero-order valence-corrected chi connectivity index (χ0v) is 13.0. The standard InChI is InChI=1S/C15H16F3N3OS/c16-15(17,18)12-9-23-14(21-12)6-7-20-13(22)8-11(19)10-4-2-1-3-5-10/h1-5,9,11H,6-8,19H2,(H,20,22). The molecule has 1 aromatic carbocycles. The highest BCUT2D eigenvalue weighted by Gasteiger charge is 2.33. The molecule has 1 atom stereocenters. The number of hydrogen-bond acceptors (Lipinski definition) is 4. The van der Waals surface area contributed by atoms with E-state index < -0.39 is 17.9 Å². The number of halogens is 3. The maximum absolute atomic E-state index is 12.4. The molecule has 2 aromatic rings. The van der Waals surface area contributed by atoms with Gasteiger partial charge in [0.05, 0.1) is 5.01 Å². The van der Waals surface area contributed by atoms with Gasteiger partial charge in [-0.05, 0) is 5.56 Å². The molecule has 1 aromatic heterocycles. The van der Waals surface area contributed by atoms with Crippen molar-refractivity contribution in [3.05, 3.63) is 52.0 Å². The van der Waals surface area contributed by atoms with Crippen LogP contribution in [0.1, 0.15) is 28.7 Å². The fourth-order valence-corrected chi connectivity index (χ4v) is 2.76. The fourth-order valence-electron chi connectivity index (χ4n) is 1.95. The number of nitrogens with two attached hydrogens (primary N) is 1. The highest BCUT2D eigenvalue weighted by atomic mass is 32.1. The summed E-state index contributed by atoms with van der Waals surface area (Å²) in [6, 6.07) is 8.81. The average molecular weight is 343 g/mol. The predicted molar refractivity (Wildman–Crippen MR) is 81.8 cm³/mol. The first kappa shape index (κ1) is 17.4. The lowest BCUT2D eigenvalue weighted by atomic mass is 10.0. The van der Waals surface area contributed by atoms with Gasteiger partial charge in [0.2, 0.25) is 5.91 Å². The van der Waals surface area contributed by atoms with Gasteiger partial charge in [0.25, 0.3) is 0 Å². The van der Waals surface area contributed by atoms with Crippen molar-refractivity contribution >= 4 is 17.2 Å². The van der Waals surface area contributed by atoms with Crippen LogP contribution >= 0.6 is 11.3 Å². The Bertz CT molecular complexity index is 643. The van der Waals surface area contributed by atoms with E-state index in [1.165, 1.54) is 0 Å². The van der Waals surface area contributed by atoms with Crippen LogP contribution in [0.4, 0.5) is 13.2 Å². The van der Waals surface area contributed by atoms with Gasteiger partial charge in [-0.1, -0.05) is 30.3 Å². The number of carbonyl (C=O) groups excluding carboxylic acids is 1. The Kier molecular flexibility index (Phi) is 5.73. The monoisotopic (exact) mass is 343 g/mol. The molecule has 0 saturated carbocycles. The number of benzene rings is 1. The molecule has 1 amide bonds. The Morgan fingerprint density at radius 1 is 1.30 bits per heavy atom. The lowest BCUT2D eigenvalue weighted by molar-refractivity contribution is -0.140. The van der Waals surface area contributed by atoms with Crippen molar-refractivity contribution in [1.29, 1.82) is 0 Å². The molecule has 0 bridgehead atoms. The zero-order chi connectivity index (χ0) is 16.9. The molecule has 0 aliphatic carbocycles. The van der Waals surface area contributed by atoms with Gasteiger partial charge in [0.1, 0.15) is 0 Å². The van der Waals surface area contributed by atoms with Gasteiger partial charge in [-0.3, -0.25) is 4.79 Å². The highest BCUT2D eigenvalue weighted by Crippen LogP contribution is 2.30. The minimum absolute atomic E-state index is 0.121. The minimum atomic E-state index is -4.43. The van der Waals surface area contributed by atoms with Gasteiger partial charge in [-0.25, -0.2) is 4.98 Å². The fraction of sp³-hybridized carbons (Fsp3) is 0.333. The molecule has 0 radical (unpaired) electrons. The van der Waals surface area contributed by atoms with E-state index in [9.17, 15) is 18.0 Å². The Hall–Kier alpha value is -1.93. The molecule has 0 saturated heterocycles. The first-order valence-electron chi connectivity index (χ1n) is 6.95. The molecule has 23 heavy (non-hydrogen) atoms. The molecule has 2 rings (SSSR count). The summed E-state index contributed by atoms with van der Waals surface area (Å²) in [4.78, 5) is 15.3. The van der Waals surface area contributed by atoms with Gasteiger partial charge >= 0.3 is 6.18 Å². The summed E-state index contributed by atoms with van der Waals surface area (Å²) >= 11 is 0.932. The Balaban J connectivity index is 1.76. The number of nitrogens with one attached hydrogen (secondary N) is 1. The van der Waals surface area contributed by atoms with Crippen molar-refractivity contribution in [1.82, 2.24) is 10.3 Å². The van der Waals surface area contributed by atoms with Crippen molar-refractivity contribution in [2.24, 2.45) is 5.73 Å². The Labute approximate surface area is 135 Å². The molecule has 0 aliphatic rings. The summed E-state index contributed by atoms with van der Waals surface area (Å²) < 4.78 is 37.3. The maximum Gasteiger partial charge on any atom is 0.434 e. The number of thiazole rings is 1. The zero-order valence-electron chi connectivity index (χ0n) is 12.1. The van der Waals surface area contributed by atoms with Crippen molar-refractivity contribution in [2.75, 3.05) is 6.54 Å². The number of hydrogen-bond donors (Lipinski definition) is 2. The van der Waals surface area contributed by atoms with E-state index in [-0.39, 0.29) is 25.3 Å². The Morgan fingerprint density at radius 3 is 2.61 bits per heavy atom. The van der Waals surface area contributed by atoms with Crippen LogP contribution in [0, 0.1) is 0 Å². The Morgan fingerprint density at radius 2 is 2.00 bits per heavy atom. The summed E-state index contributed by atoms with van der Waals surface area (Å²) in [5, 5.41) is 3.96. The second-order valence-electron chi connectivity index (χ2n) is 4.95. The summed E-state index contributed by atoms with van der Waals surface area (Å²) in [5.74, 6) is -0.242. The van der Waals surface area contributed by atoms with Crippen LogP contribution in [0.25, 0.3) is 0 Å². The summed E-state index contributed by atoms with van der Waals surface area (Å²) in [5.41, 5.74) is 5.90. The number of amides is 1. The molecule has 0 aliphatic heterocycles. The van der Waals surface area contributed by atoms with E-state index in [1.807, 2.05) is 30.3 Å². The van der Waals surface area contributed by atoms with E-state index in [2.05, 4.69) is 10.3 Å². The van der Waals surface area contributed by atoms with Crippen LogP contribution in [0.3, 0.4) is 0 Å². The summed E-state index contributed by atoms with van der Waals surface area (Å²) in [6.45, 7) is 0.227. The number of nitrogens with zero attached hydrogens (tertiary/aromatic N) is 1. The second-order valence-corrected chi connectivity index (χ2v) is 5.89. The summed E-state index contributed by atoms with van der Waals surface area (Å²) in [6.07, 6.45) is -4.05. The molecule has 1 heterocycles. The number of alkyl halides is 3. The van der Waals surface area contributed by atoms with E-state index in [1.54, 1.807) is 0 Å². The molecule has 1 unspecified atom stereocenters. The normalized spacial score (nSPS) is 12.9. The molecule has 0 fully saturated rings. The lowest BCUT2D eigenvalue weighted by Crippen LogP contribution is -2.29. The summed E-state index contributed by atoms with van der Waals surface area (Å²) in [7, 11) is 0. The molecule has 8 heteroatoms. The number of carbonyl (C=O) groups is 1. The van der Waals surface area contributed by atoms with Crippen LogP contribution in [-0.4, -0.2) is 17.4 Å². The number of rotatable bonds is 6. The number of aromatic nitrogens is 1. The second kappa shape index (κ2) is 7.56. The molecule has 124 valence electrons. The minimum Gasteiger partial charge on any atom is -0.356 e. The largest absolute Gasteiger partial charge is 0.434 e. The van der Waals surface area contributed by atoms with Gasteiger partial charge < -0.3 is 11.1 Å². The molecular weight excluding hydrogens is 327 g/mol. The van der Waals surface area contributed by atoms with Gasteiger partial charge in [0.15, 0.2) is 5.69 Å². The van der Waals surface area contributed by atoms with E-state index in [0.29, 0.717) is 5.01 Å². The van der Waals surface area contributed by atoms with Crippen LogP contribution in [0.5, 0.6) is 0 Å². The van der Waals surface area contributed by atoms with Crippen LogP contribution < -0.4 is 11.1 Å². The quantitative estimate of drug-likeness (QED) is 0.847. The van der Waals surface area contributed by atoms with Gasteiger partial charge in [0, 0.05) is 30.8 Å². The van der Waals surface area contributed by atoms with Crippen LogP contribution in [0.15, 0.2) is 35.7 Å². The van der Waals surface area contributed by atoms with Gasteiger partial charge in [-0.15, -0.1) is 11.3 Å². The lowest BCUT2D eigenvalue weighted by Gasteiger charge is -2.11. The SMILES string of the molecule is NC(CC(=O)NCCc1nc(C(F)(F)F)cs1)c1ccccc1. The molecule has 0 spiro atoms. The topological polar surface area (TPSA) is 68.0 Å². The molecular formula is C15H16F3N3OS. The third kappa shape index (κ3) is 5.33. The van der Waals surface area contributed by atoms with Crippen LogP contribution in [-0.2, 0) is 17.4 Å². The van der Waals surface area contributed by atoms with E-state index in [4.69, 9.17) is 5.73 Å².